The van der Waals surface area contributed by atoms with Crippen molar-refractivity contribution in [2.45, 2.75) is 19.3 Å². The molecule has 4 rings (SSSR count). The largest absolute Gasteiger partial charge is 0.481 e. The zero-order valence-corrected chi connectivity index (χ0v) is 14.6. The van der Waals surface area contributed by atoms with Gasteiger partial charge >= 0.3 is 5.97 Å². The minimum Gasteiger partial charge on any atom is -0.481 e. The molecule has 2 aliphatic rings. The summed E-state index contributed by atoms with van der Waals surface area (Å²) in [6, 6.07) is 13.9. The number of hydrogen-bond donors (Lipinski definition) is 2. The molecule has 2 aromatic rings. The highest BCUT2D eigenvalue weighted by Gasteiger charge is 2.39. The van der Waals surface area contributed by atoms with Crippen LogP contribution in [0.3, 0.4) is 0 Å². The summed E-state index contributed by atoms with van der Waals surface area (Å²) < 4.78 is 0. The van der Waals surface area contributed by atoms with Crippen molar-refractivity contribution in [3.05, 3.63) is 60.2 Å². The molecule has 4 unspecified atom stereocenters. The van der Waals surface area contributed by atoms with E-state index in [0.29, 0.717) is 18.3 Å². The number of carbonyl (C=O) groups excluding carboxylic acids is 1. The number of hydrogen-bond acceptors (Lipinski definition) is 2. The molecule has 1 amide bonds. The Balaban J connectivity index is 1.44. The van der Waals surface area contributed by atoms with Gasteiger partial charge in [0.25, 0.3) is 0 Å². The van der Waals surface area contributed by atoms with E-state index in [4.69, 9.17) is 0 Å². The van der Waals surface area contributed by atoms with E-state index in [1.54, 1.807) is 0 Å². The summed E-state index contributed by atoms with van der Waals surface area (Å²) in [4.78, 5) is 24.2. The van der Waals surface area contributed by atoms with Gasteiger partial charge in [-0.25, -0.2) is 0 Å². The average molecular weight is 349 g/mol. The summed E-state index contributed by atoms with van der Waals surface area (Å²) in [5.41, 5.74) is 1.01. The van der Waals surface area contributed by atoms with Gasteiger partial charge in [-0.3, -0.25) is 9.59 Å². The van der Waals surface area contributed by atoms with Gasteiger partial charge < -0.3 is 10.4 Å². The van der Waals surface area contributed by atoms with E-state index >= 15 is 0 Å². The molecule has 0 saturated heterocycles. The second-order valence-electron chi connectivity index (χ2n) is 7.51. The van der Waals surface area contributed by atoms with Gasteiger partial charge in [-0.15, -0.1) is 0 Å². The highest BCUT2D eigenvalue weighted by molar-refractivity contribution is 5.86. The molecular weight excluding hydrogens is 326 g/mol. The fourth-order valence-corrected chi connectivity index (χ4v) is 4.42. The first-order chi connectivity index (χ1) is 12.6. The van der Waals surface area contributed by atoms with Crippen LogP contribution in [0.4, 0.5) is 0 Å². The second-order valence-corrected chi connectivity index (χ2v) is 7.51. The molecule has 1 saturated carbocycles. The van der Waals surface area contributed by atoms with Crippen LogP contribution in [0.1, 0.15) is 18.4 Å². The lowest BCUT2D eigenvalue weighted by Crippen LogP contribution is -2.38. The van der Waals surface area contributed by atoms with Crippen LogP contribution in [0, 0.1) is 23.7 Å². The minimum absolute atomic E-state index is 0.00557. The number of nitrogens with one attached hydrogen (secondary N) is 1. The molecule has 0 aliphatic heterocycles. The normalized spacial score (nSPS) is 24.7. The quantitative estimate of drug-likeness (QED) is 0.786. The van der Waals surface area contributed by atoms with Crippen molar-refractivity contribution in [1.82, 2.24) is 5.32 Å². The number of carbonyl (C=O) groups is 2. The summed E-state index contributed by atoms with van der Waals surface area (Å²) in [6.07, 6.45) is 6.72. The van der Waals surface area contributed by atoms with Crippen LogP contribution < -0.4 is 5.32 Å². The molecule has 0 aromatic heterocycles. The van der Waals surface area contributed by atoms with Gasteiger partial charge in [0.2, 0.25) is 5.91 Å². The highest BCUT2D eigenvalue weighted by Crippen LogP contribution is 2.43. The number of allylic oxidation sites excluding steroid dienone is 2. The molecule has 4 nitrogen and oxygen atoms in total. The molecule has 4 heteroatoms. The molecule has 4 atom stereocenters. The monoisotopic (exact) mass is 349 g/mol. The molecule has 2 bridgehead atoms. The van der Waals surface area contributed by atoms with Crippen LogP contribution in [0.15, 0.2) is 54.6 Å². The van der Waals surface area contributed by atoms with Gasteiger partial charge in [0.1, 0.15) is 0 Å². The Labute approximate surface area is 152 Å². The van der Waals surface area contributed by atoms with Crippen LogP contribution in [-0.2, 0) is 16.0 Å². The van der Waals surface area contributed by atoms with E-state index in [0.717, 1.165) is 29.2 Å². The Morgan fingerprint density at radius 3 is 2.62 bits per heavy atom. The zero-order chi connectivity index (χ0) is 18.1. The predicted molar refractivity (Wildman–Crippen MR) is 101 cm³/mol. The maximum Gasteiger partial charge on any atom is 0.308 e. The summed E-state index contributed by atoms with van der Waals surface area (Å²) in [6.45, 7) is 0.176. The van der Waals surface area contributed by atoms with E-state index in [9.17, 15) is 14.7 Å². The zero-order valence-electron chi connectivity index (χ0n) is 14.6. The van der Waals surface area contributed by atoms with Crippen molar-refractivity contribution < 1.29 is 14.7 Å². The van der Waals surface area contributed by atoms with Crippen molar-refractivity contribution in [3.63, 3.8) is 0 Å². The molecular formula is C22H23NO3. The van der Waals surface area contributed by atoms with Crippen molar-refractivity contribution in [2.24, 2.45) is 23.7 Å². The Kier molecular flexibility index (Phi) is 4.49. The van der Waals surface area contributed by atoms with E-state index in [1.165, 1.54) is 0 Å². The molecule has 2 N–H and O–H groups in total. The smallest absolute Gasteiger partial charge is 0.308 e. The fourth-order valence-electron chi connectivity index (χ4n) is 4.42. The van der Waals surface area contributed by atoms with Crippen LogP contribution in [0.2, 0.25) is 0 Å². The Bertz CT molecular complexity index is 867. The molecule has 1 fully saturated rings. The SMILES string of the molecule is O=C(O)C(CNC(=O)C1CC2C=CC1C2)Cc1cccc2ccccc12. The number of benzene rings is 2. The minimum atomic E-state index is -0.869. The van der Waals surface area contributed by atoms with Gasteiger partial charge in [0.15, 0.2) is 0 Å². The van der Waals surface area contributed by atoms with Crippen molar-refractivity contribution in [1.29, 1.82) is 0 Å². The Morgan fingerprint density at radius 1 is 1.08 bits per heavy atom. The topological polar surface area (TPSA) is 66.4 Å². The maximum absolute atomic E-state index is 12.5. The second kappa shape index (κ2) is 6.94. The van der Waals surface area contributed by atoms with Gasteiger partial charge in [-0.05, 0) is 47.4 Å². The first kappa shape index (κ1) is 16.8. The van der Waals surface area contributed by atoms with E-state index in [2.05, 4.69) is 17.5 Å². The third-order valence-electron chi connectivity index (χ3n) is 5.83. The number of carboxylic acids is 1. The lowest BCUT2D eigenvalue weighted by atomic mass is 9.92. The molecule has 0 heterocycles. The van der Waals surface area contributed by atoms with Crippen LogP contribution in [0.5, 0.6) is 0 Å². The van der Waals surface area contributed by atoms with Crippen LogP contribution >= 0.6 is 0 Å². The Hall–Kier alpha value is -2.62. The third-order valence-corrected chi connectivity index (χ3v) is 5.83. The molecule has 0 spiro atoms. The standard InChI is InChI=1S/C22H23NO3/c24-21(20-11-14-8-9-17(20)10-14)23-13-18(22(25)26)12-16-6-3-5-15-4-1-2-7-19(15)16/h1-9,14,17-18,20H,10-13H2,(H,23,24)(H,25,26). The van der Waals surface area contributed by atoms with Gasteiger partial charge in [-0.1, -0.05) is 54.6 Å². The molecule has 26 heavy (non-hydrogen) atoms. The van der Waals surface area contributed by atoms with E-state index in [-0.39, 0.29) is 18.4 Å². The third kappa shape index (κ3) is 3.24. The summed E-state index contributed by atoms with van der Waals surface area (Å²) in [7, 11) is 0. The maximum atomic E-state index is 12.5. The number of aliphatic carboxylic acids is 1. The number of amides is 1. The average Bonchev–Trinajstić information content (AvgIpc) is 3.28. The van der Waals surface area contributed by atoms with Crippen molar-refractivity contribution in [3.8, 4) is 0 Å². The fraction of sp³-hybridized carbons (Fsp3) is 0.364. The molecule has 134 valence electrons. The van der Waals surface area contributed by atoms with Crippen LogP contribution in [0.25, 0.3) is 10.8 Å². The Morgan fingerprint density at radius 2 is 1.88 bits per heavy atom. The number of rotatable bonds is 6. The summed E-state index contributed by atoms with van der Waals surface area (Å²) in [5.74, 6) is -0.615. The summed E-state index contributed by atoms with van der Waals surface area (Å²) in [5, 5.41) is 14.7. The molecule has 2 aliphatic carbocycles. The van der Waals surface area contributed by atoms with Gasteiger partial charge in [-0.2, -0.15) is 0 Å². The van der Waals surface area contributed by atoms with Crippen LogP contribution in [-0.4, -0.2) is 23.5 Å². The van der Waals surface area contributed by atoms with Gasteiger partial charge in [0, 0.05) is 12.5 Å². The first-order valence-corrected chi connectivity index (χ1v) is 9.27. The lowest BCUT2D eigenvalue weighted by molar-refractivity contribution is -0.141. The number of carboxylic acid groups (broad SMARTS) is 1. The first-order valence-electron chi connectivity index (χ1n) is 9.27. The van der Waals surface area contributed by atoms with Crippen molar-refractivity contribution >= 4 is 22.6 Å². The van der Waals surface area contributed by atoms with E-state index in [1.807, 2.05) is 42.5 Å². The number of fused-ring (bicyclic) bond motifs is 3. The lowest BCUT2D eigenvalue weighted by Gasteiger charge is -2.20. The molecule has 2 aromatic carbocycles. The molecule has 0 radical (unpaired) electrons. The van der Waals surface area contributed by atoms with E-state index < -0.39 is 11.9 Å². The van der Waals surface area contributed by atoms with Crippen molar-refractivity contribution in [2.75, 3.05) is 6.54 Å². The highest BCUT2D eigenvalue weighted by atomic mass is 16.4. The predicted octanol–water partition coefficient (Wildman–Crippen LogP) is 3.41. The van der Waals surface area contributed by atoms with Gasteiger partial charge in [0.05, 0.1) is 5.92 Å². The summed E-state index contributed by atoms with van der Waals surface area (Å²) >= 11 is 0.